The van der Waals surface area contributed by atoms with Gasteiger partial charge in [-0.15, -0.1) is 0 Å². The molecule has 6 heterocycles. The van der Waals surface area contributed by atoms with Crippen molar-refractivity contribution in [3.05, 3.63) is 194 Å². The van der Waals surface area contributed by atoms with Gasteiger partial charge < -0.3 is 37.3 Å². The van der Waals surface area contributed by atoms with E-state index >= 15 is 0 Å². The first-order valence-electron chi connectivity index (χ1n) is 23.7. The molecule has 0 saturated heterocycles. The Balaban J connectivity index is 1.26. The number of fused-ring (bicyclic) bond motifs is 8. The van der Waals surface area contributed by atoms with Gasteiger partial charge in [-0.05, 0) is 97.1 Å². The van der Waals surface area contributed by atoms with Crippen molar-refractivity contribution in [1.82, 2.24) is 19.9 Å². The Labute approximate surface area is 410 Å². The van der Waals surface area contributed by atoms with Gasteiger partial charge in [0.25, 0.3) is 0 Å². The van der Waals surface area contributed by atoms with Crippen LogP contribution in [0.1, 0.15) is 0 Å². The number of nitrogens with zero attached hydrogens (tertiary/aromatic N) is 8. The van der Waals surface area contributed by atoms with E-state index in [1.54, 1.807) is 0 Å². The van der Waals surface area contributed by atoms with Crippen LogP contribution in [-0.4, -0.2) is 34.0 Å². The molecule has 0 amide bonds. The van der Waals surface area contributed by atoms with Crippen LogP contribution in [0.25, 0.3) is 90.2 Å². The zero-order valence-corrected chi connectivity index (χ0v) is 38.7. The number of para-hydroxylation sites is 16. The summed E-state index contributed by atoms with van der Waals surface area (Å²) in [4.78, 5) is 30.6. The molecule has 2 aliphatic heterocycles. The SMILES string of the molecule is CN1c2ccccc2N(c2c(-c3nc4ccccc4o3)c(-c3nc4ccccc4o3)c(-c3nc4ccccc4o3)c(-c3nc4ccccc4o3)c2N2c3ccccc3N(C)c3ccccc32)c2ccccc21. The highest BCUT2D eigenvalue weighted by molar-refractivity contribution is 6.18. The molecular weight excluding hydrogens is 897 g/mol. The normalized spacial score (nSPS) is 13.0. The van der Waals surface area contributed by atoms with Crippen LogP contribution < -0.4 is 19.6 Å². The maximum atomic E-state index is 7.13. The molecule has 9 aromatic carbocycles. The lowest BCUT2D eigenvalue weighted by Gasteiger charge is -2.44. The Morgan fingerprint density at radius 1 is 0.264 bits per heavy atom. The maximum Gasteiger partial charge on any atom is 0.230 e. The molecule has 342 valence electrons. The largest absolute Gasteiger partial charge is 0.436 e. The van der Waals surface area contributed by atoms with Crippen LogP contribution in [0, 0.1) is 0 Å². The summed E-state index contributed by atoms with van der Waals surface area (Å²) < 4.78 is 28.3. The molecular formula is C60H38N8O4. The van der Waals surface area contributed by atoms with E-state index in [9.17, 15) is 0 Å². The Morgan fingerprint density at radius 3 is 0.750 bits per heavy atom. The predicted octanol–water partition coefficient (Wildman–Crippen LogP) is 16.0. The average Bonchev–Trinajstić information content (AvgIpc) is 4.26. The minimum absolute atomic E-state index is 0.283. The highest BCUT2D eigenvalue weighted by Gasteiger charge is 2.44. The van der Waals surface area contributed by atoms with Crippen molar-refractivity contribution in [2.24, 2.45) is 0 Å². The summed E-state index contributed by atoms with van der Waals surface area (Å²) in [7, 11) is 4.21. The molecule has 2 aliphatic rings. The van der Waals surface area contributed by atoms with E-state index in [0.29, 0.717) is 89.8 Å². The predicted molar refractivity (Wildman–Crippen MR) is 284 cm³/mol. The molecule has 12 nitrogen and oxygen atoms in total. The summed E-state index contributed by atoms with van der Waals surface area (Å²) in [5.74, 6) is 1.20. The summed E-state index contributed by atoms with van der Waals surface area (Å²) in [6.45, 7) is 0. The van der Waals surface area contributed by atoms with Gasteiger partial charge in [0.05, 0.1) is 79.1 Å². The summed E-state index contributed by atoms with van der Waals surface area (Å²) in [6.07, 6.45) is 0. The third-order valence-corrected chi connectivity index (χ3v) is 13.9. The molecule has 0 saturated carbocycles. The van der Waals surface area contributed by atoms with Crippen LogP contribution in [-0.2, 0) is 0 Å². The smallest absolute Gasteiger partial charge is 0.230 e. The van der Waals surface area contributed by atoms with Crippen LogP contribution in [0.2, 0.25) is 0 Å². The van der Waals surface area contributed by atoms with Crippen molar-refractivity contribution in [3.63, 3.8) is 0 Å². The highest BCUT2D eigenvalue weighted by atomic mass is 16.4. The molecule has 12 heteroatoms. The second-order valence-corrected chi connectivity index (χ2v) is 17.9. The molecule has 0 aliphatic carbocycles. The first-order valence-corrected chi connectivity index (χ1v) is 23.7. The minimum atomic E-state index is 0.283. The van der Waals surface area contributed by atoms with E-state index in [-0.39, 0.29) is 11.8 Å². The average molecular weight is 935 g/mol. The summed E-state index contributed by atoms with van der Waals surface area (Å²) >= 11 is 0. The fourth-order valence-corrected chi connectivity index (χ4v) is 10.7. The first kappa shape index (κ1) is 40.0. The van der Waals surface area contributed by atoms with E-state index < -0.39 is 0 Å². The highest BCUT2D eigenvalue weighted by Crippen LogP contribution is 2.65. The topological polar surface area (TPSA) is 117 Å². The van der Waals surface area contributed by atoms with Crippen molar-refractivity contribution in [2.45, 2.75) is 0 Å². The van der Waals surface area contributed by atoms with Gasteiger partial charge >= 0.3 is 0 Å². The zero-order chi connectivity index (χ0) is 47.6. The van der Waals surface area contributed by atoms with Gasteiger partial charge in [0.15, 0.2) is 22.3 Å². The zero-order valence-electron chi connectivity index (χ0n) is 38.7. The summed E-state index contributed by atoms with van der Waals surface area (Å²) in [6, 6.07) is 64.9. The van der Waals surface area contributed by atoms with Crippen LogP contribution in [0.15, 0.2) is 212 Å². The molecule has 0 fully saturated rings. The number of hydrogen-bond acceptors (Lipinski definition) is 12. The van der Waals surface area contributed by atoms with Gasteiger partial charge in [-0.25, -0.2) is 19.9 Å². The number of anilines is 10. The van der Waals surface area contributed by atoms with Gasteiger partial charge in [-0.1, -0.05) is 97.1 Å². The Bertz CT molecular complexity index is 3830. The Kier molecular flexibility index (Phi) is 8.49. The molecule has 0 bridgehead atoms. The fourth-order valence-electron chi connectivity index (χ4n) is 10.7. The first-order chi connectivity index (χ1) is 35.6. The van der Waals surface area contributed by atoms with Crippen molar-refractivity contribution in [1.29, 1.82) is 0 Å². The third-order valence-electron chi connectivity index (χ3n) is 13.9. The number of hydrogen-bond donors (Lipinski definition) is 0. The molecule has 0 spiro atoms. The summed E-state index contributed by atoms with van der Waals surface area (Å²) in [5, 5.41) is 0. The molecule has 0 atom stereocenters. The van der Waals surface area contributed by atoms with Crippen LogP contribution in [0.5, 0.6) is 0 Å². The lowest BCUT2D eigenvalue weighted by atomic mass is 9.88. The number of benzene rings is 9. The van der Waals surface area contributed by atoms with E-state index in [0.717, 1.165) is 45.5 Å². The van der Waals surface area contributed by atoms with Gasteiger partial charge in [-0.2, -0.15) is 0 Å². The third kappa shape index (κ3) is 5.80. The van der Waals surface area contributed by atoms with E-state index in [4.69, 9.17) is 37.6 Å². The Morgan fingerprint density at radius 2 is 0.486 bits per heavy atom. The van der Waals surface area contributed by atoms with Crippen molar-refractivity contribution < 1.29 is 17.7 Å². The van der Waals surface area contributed by atoms with Crippen molar-refractivity contribution >= 4 is 101 Å². The monoisotopic (exact) mass is 934 g/mol. The van der Waals surface area contributed by atoms with Gasteiger partial charge in [0, 0.05) is 14.1 Å². The fraction of sp³-hybridized carbons (Fsp3) is 0.0333. The summed E-state index contributed by atoms with van der Waals surface area (Å²) in [5.41, 5.74) is 16.0. The molecule has 15 rings (SSSR count). The quantitative estimate of drug-likeness (QED) is 0.158. The van der Waals surface area contributed by atoms with Gasteiger partial charge in [-0.3, -0.25) is 0 Å². The minimum Gasteiger partial charge on any atom is -0.436 e. The number of rotatable bonds is 6. The standard InChI is InChI=1S/C60H38N8O4/c1-65-39-23-7-11-27-43(39)67(44-28-12-8-24-40(44)65)55-53(59-63-37-21-5-17-33-49(37)71-59)51(57-61-35-19-3-15-31-47(35)69-57)52(58-62-36-20-4-16-32-48(36)70-58)54(60-64-38-22-6-18-34-50(38)72-60)56(55)68-45-29-13-9-25-41(45)66(2)42-26-10-14-30-46(42)68/h3-34H,1-2H3. The van der Waals surface area contributed by atoms with E-state index in [1.807, 2.05) is 97.1 Å². The lowest BCUT2D eigenvalue weighted by Crippen LogP contribution is -2.28. The van der Waals surface area contributed by atoms with Crippen LogP contribution in [0.3, 0.4) is 0 Å². The number of oxazole rings is 4. The number of aromatic nitrogens is 4. The molecule has 0 unspecified atom stereocenters. The van der Waals surface area contributed by atoms with Gasteiger partial charge in [0.1, 0.15) is 22.1 Å². The van der Waals surface area contributed by atoms with Crippen LogP contribution >= 0.6 is 0 Å². The van der Waals surface area contributed by atoms with E-state index in [2.05, 4.69) is 131 Å². The van der Waals surface area contributed by atoms with Crippen molar-refractivity contribution in [2.75, 3.05) is 33.7 Å². The second kappa shape index (κ2) is 15.3. The molecule has 72 heavy (non-hydrogen) atoms. The molecule has 0 radical (unpaired) electrons. The van der Waals surface area contributed by atoms with E-state index in [1.165, 1.54) is 0 Å². The second-order valence-electron chi connectivity index (χ2n) is 17.9. The molecule has 4 aromatic heterocycles. The molecule has 0 N–H and O–H groups in total. The maximum absolute atomic E-state index is 7.13. The van der Waals surface area contributed by atoms with Crippen LogP contribution in [0.4, 0.5) is 56.9 Å². The lowest BCUT2D eigenvalue weighted by molar-refractivity contribution is 0.604. The van der Waals surface area contributed by atoms with Gasteiger partial charge in [0.2, 0.25) is 23.6 Å². The molecule has 13 aromatic rings. The van der Waals surface area contributed by atoms with Crippen molar-refractivity contribution in [3.8, 4) is 45.8 Å². The Hall–Kier alpha value is -9.94.